The molecule has 2 atom stereocenters. The standard InChI is InChI=1S/C17H23N5O/c1-11-4-18-10-19-17(11)22-7-14-5-21(6-15(14)8-22)9-16-12(2)20-23-13(16)3/h4,10,14-15H,5-9H2,1-3H3. The first kappa shape index (κ1) is 14.6. The van der Waals surface area contributed by atoms with Crippen LogP contribution < -0.4 is 4.90 Å². The van der Waals surface area contributed by atoms with Gasteiger partial charge in [-0.1, -0.05) is 5.16 Å². The third kappa shape index (κ3) is 2.61. The zero-order valence-electron chi connectivity index (χ0n) is 14.0. The molecule has 2 aliphatic heterocycles. The highest BCUT2D eigenvalue weighted by Crippen LogP contribution is 2.35. The highest BCUT2D eigenvalue weighted by molar-refractivity contribution is 5.46. The third-order valence-electron chi connectivity index (χ3n) is 5.29. The highest BCUT2D eigenvalue weighted by atomic mass is 16.5. The Kier molecular flexibility index (Phi) is 3.56. The Bertz CT molecular complexity index is 679. The molecule has 0 saturated carbocycles. The summed E-state index contributed by atoms with van der Waals surface area (Å²) in [6, 6.07) is 0. The maximum atomic E-state index is 5.29. The number of fused-ring (bicyclic) bond motifs is 1. The fraction of sp³-hybridized carbons (Fsp3) is 0.588. The second kappa shape index (κ2) is 5.60. The average molecular weight is 313 g/mol. The summed E-state index contributed by atoms with van der Waals surface area (Å²) >= 11 is 0. The Hall–Kier alpha value is -1.95. The third-order valence-corrected chi connectivity index (χ3v) is 5.29. The molecule has 0 radical (unpaired) electrons. The number of aryl methyl sites for hydroxylation is 3. The van der Waals surface area contributed by atoms with Gasteiger partial charge >= 0.3 is 0 Å². The molecule has 2 aromatic heterocycles. The van der Waals surface area contributed by atoms with E-state index in [2.05, 4.69) is 31.8 Å². The van der Waals surface area contributed by atoms with Gasteiger partial charge in [-0.2, -0.15) is 0 Å². The Morgan fingerprint density at radius 2 is 1.87 bits per heavy atom. The van der Waals surface area contributed by atoms with Gasteiger partial charge in [-0.05, 0) is 32.6 Å². The number of hydrogen-bond donors (Lipinski definition) is 0. The average Bonchev–Trinajstić information content (AvgIpc) is 3.16. The second-order valence-electron chi connectivity index (χ2n) is 6.95. The van der Waals surface area contributed by atoms with Gasteiger partial charge in [0, 0.05) is 50.0 Å². The van der Waals surface area contributed by atoms with E-state index in [1.165, 1.54) is 11.1 Å². The Morgan fingerprint density at radius 3 is 2.48 bits per heavy atom. The van der Waals surface area contributed by atoms with E-state index in [1.807, 2.05) is 20.0 Å². The monoisotopic (exact) mass is 313 g/mol. The van der Waals surface area contributed by atoms with Crippen molar-refractivity contribution >= 4 is 5.82 Å². The summed E-state index contributed by atoms with van der Waals surface area (Å²) in [5.74, 6) is 3.51. The van der Waals surface area contributed by atoms with Crippen molar-refractivity contribution in [3.63, 3.8) is 0 Å². The minimum atomic E-state index is 0.727. The molecule has 2 aromatic rings. The van der Waals surface area contributed by atoms with Crippen LogP contribution in [0.4, 0.5) is 5.82 Å². The number of anilines is 1. The zero-order valence-corrected chi connectivity index (χ0v) is 14.0. The summed E-state index contributed by atoms with van der Waals surface area (Å²) in [5, 5.41) is 4.07. The summed E-state index contributed by atoms with van der Waals surface area (Å²) in [6.45, 7) is 11.6. The number of aromatic nitrogens is 3. The van der Waals surface area contributed by atoms with Crippen molar-refractivity contribution in [2.24, 2.45) is 11.8 Å². The lowest BCUT2D eigenvalue weighted by molar-refractivity contribution is 0.305. The maximum Gasteiger partial charge on any atom is 0.138 e. The first-order valence-corrected chi connectivity index (χ1v) is 8.27. The van der Waals surface area contributed by atoms with Gasteiger partial charge in [-0.3, -0.25) is 4.90 Å². The van der Waals surface area contributed by atoms with Crippen LogP contribution in [0.3, 0.4) is 0 Å². The van der Waals surface area contributed by atoms with Gasteiger partial charge in [0.25, 0.3) is 0 Å². The number of likely N-dealkylation sites (tertiary alicyclic amines) is 1. The van der Waals surface area contributed by atoms with Gasteiger partial charge < -0.3 is 9.42 Å². The second-order valence-corrected chi connectivity index (χ2v) is 6.95. The molecule has 0 aromatic carbocycles. The van der Waals surface area contributed by atoms with E-state index < -0.39 is 0 Å². The first-order chi connectivity index (χ1) is 11.1. The largest absolute Gasteiger partial charge is 0.361 e. The van der Waals surface area contributed by atoms with Crippen molar-refractivity contribution in [1.82, 2.24) is 20.0 Å². The summed E-state index contributed by atoms with van der Waals surface area (Å²) in [6.07, 6.45) is 3.56. The molecule has 2 saturated heterocycles. The van der Waals surface area contributed by atoms with Crippen LogP contribution in [0, 0.1) is 32.6 Å². The number of hydrogen-bond acceptors (Lipinski definition) is 6. The molecule has 23 heavy (non-hydrogen) atoms. The van der Waals surface area contributed by atoms with E-state index >= 15 is 0 Å². The molecule has 0 bridgehead atoms. The SMILES string of the molecule is Cc1cncnc1N1CC2CN(Cc3c(C)noc3C)CC2C1. The van der Waals surface area contributed by atoms with Crippen LogP contribution in [0.25, 0.3) is 0 Å². The Balaban J connectivity index is 1.41. The minimum Gasteiger partial charge on any atom is -0.361 e. The van der Waals surface area contributed by atoms with Crippen LogP contribution in [0.1, 0.15) is 22.6 Å². The fourth-order valence-electron chi connectivity index (χ4n) is 4.07. The van der Waals surface area contributed by atoms with Crippen LogP contribution in [-0.4, -0.2) is 46.2 Å². The molecule has 4 rings (SSSR count). The van der Waals surface area contributed by atoms with E-state index in [4.69, 9.17) is 4.52 Å². The van der Waals surface area contributed by atoms with Crippen molar-refractivity contribution in [2.45, 2.75) is 27.3 Å². The van der Waals surface area contributed by atoms with E-state index in [9.17, 15) is 0 Å². The molecule has 122 valence electrons. The van der Waals surface area contributed by atoms with Gasteiger partial charge in [0.1, 0.15) is 17.9 Å². The topological polar surface area (TPSA) is 58.3 Å². The molecule has 2 aliphatic rings. The molecule has 0 amide bonds. The number of nitrogens with zero attached hydrogens (tertiary/aromatic N) is 5. The fourth-order valence-corrected chi connectivity index (χ4v) is 4.07. The molecule has 6 heteroatoms. The number of rotatable bonds is 3. The summed E-state index contributed by atoms with van der Waals surface area (Å²) < 4.78 is 5.29. The van der Waals surface area contributed by atoms with Gasteiger partial charge in [-0.25, -0.2) is 9.97 Å². The molecule has 0 spiro atoms. The predicted molar refractivity (Wildman–Crippen MR) is 87.2 cm³/mol. The van der Waals surface area contributed by atoms with E-state index in [-0.39, 0.29) is 0 Å². The molecular formula is C17H23N5O. The van der Waals surface area contributed by atoms with Gasteiger partial charge in [0.05, 0.1) is 5.69 Å². The highest BCUT2D eigenvalue weighted by Gasteiger charge is 2.40. The van der Waals surface area contributed by atoms with Crippen molar-refractivity contribution in [1.29, 1.82) is 0 Å². The Labute approximate surface area is 136 Å². The molecule has 2 fully saturated rings. The van der Waals surface area contributed by atoms with E-state index in [0.717, 1.165) is 61.8 Å². The molecule has 4 heterocycles. The summed E-state index contributed by atoms with van der Waals surface area (Å²) in [5.41, 5.74) is 3.45. The zero-order chi connectivity index (χ0) is 16.0. The normalized spacial score (nSPS) is 24.4. The lowest BCUT2D eigenvalue weighted by Crippen LogP contribution is -2.29. The van der Waals surface area contributed by atoms with Gasteiger partial charge in [0.15, 0.2) is 0 Å². The summed E-state index contributed by atoms with van der Waals surface area (Å²) in [4.78, 5) is 13.5. The van der Waals surface area contributed by atoms with Gasteiger partial charge in [0.2, 0.25) is 0 Å². The van der Waals surface area contributed by atoms with Crippen LogP contribution in [0.2, 0.25) is 0 Å². The first-order valence-electron chi connectivity index (χ1n) is 8.27. The molecule has 2 unspecified atom stereocenters. The maximum absolute atomic E-state index is 5.29. The molecule has 0 aliphatic carbocycles. The molecule has 6 nitrogen and oxygen atoms in total. The van der Waals surface area contributed by atoms with E-state index in [1.54, 1.807) is 6.33 Å². The van der Waals surface area contributed by atoms with Crippen LogP contribution in [0.15, 0.2) is 17.0 Å². The van der Waals surface area contributed by atoms with Gasteiger partial charge in [-0.15, -0.1) is 0 Å². The predicted octanol–water partition coefficient (Wildman–Crippen LogP) is 1.96. The van der Waals surface area contributed by atoms with E-state index in [0.29, 0.717) is 0 Å². The van der Waals surface area contributed by atoms with Crippen molar-refractivity contribution < 1.29 is 4.52 Å². The van der Waals surface area contributed by atoms with Crippen LogP contribution >= 0.6 is 0 Å². The molecule has 0 N–H and O–H groups in total. The quantitative estimate of drug-likeness (QED) is 0.863. The lowest BCUT2D eigenvalue weighted by Gasteiger charge is -2.23. The van der Waals surface area contributed by atoms with Crippen LogP contribution in [-0.2, 0) is 6.54 Å². The Morgan fingerprint density at radius 1 is 1.13 bits per heavy atom. The van der Waals surface area contributed by atoms with Crippen molar-refractivity contribution in [3.8, 4) is 0 Å². The minimum absolute atomic E-state index is 0.727. The summed E-state index contributed by atoms with van der Waals surface area (Å²) in [7, 11) is 0. The molecular weight excluding hydrogens is 290 g/mol. The van der Waals surface area contributed by atoms with Crippen LogP contribution in [0.5, 0.6) is 0 Å². The smallest absolute Gasteiger partial charge is 0.138 e. The van der Waals surface area contributed by atoms with Crippen molar-refractivity contribution in [3.05, 3.63) is 35.1 Å². The lowest BCUT2D eigenvalue weighted by atomic mass is 10.0. The van der Waals surface area contributed by atoms with Crippen molar-refractivity contribution in [2.75, 3.05) is 31.1 Å².